The van der Waals surface area contributed by atoms with Crippen molar-refractivity contribution in [1.29, 1.82) is 0 Å². The number of hydrogen-bond donors (Lipinski definition) is 1. The van der Waals surface area contributed by atoms with Gasteiger partial charge < -0.3 is 19.4 Å². The fourth-order valence-electron chi connectivity index (χ4n) is 3.18. The molecule has 26 heavy (non-hydrogen) atoms. The molecule has 0 aliphatic carbocycles. The zero-order valence-electron chi connectivity index (χ0n) is 15.5. The molecular weight excluding hydrogens is 330 g/mol. The maximum absolute atomic E-state index is 12.2. The number of nitrogens with one attached hydrogen (secondary N) is 1. The van der Waals surface area contributed by atoms with Crippen molar-refractivity contribution in [2.24, 2.45) is 7.05 Å². The lowest BCUT2D eigenvalue weighted by Crippen LogP contribution is -2.45. The van der Waals surface area contributed by atoms with Crippen molar-refractivity contribution in [2.75, 3.05) is 39.5 Å². The molecule has 2 heterocycles. The number of aromatic nitrogens is 1. The van der Waals surface area contributed by atoms with Gasteiger partial charge in [0.2, 0.25) is 0 Å². The van der Waals surface area contributed by atoms with Crippen LogP contribution in [0.25, 0.3) is 0 Å². The van der Waals surface area contributed by atoms with Crippen LogP contribution < -0.4 is 10.1 Å². The highest BCUT2D eigenvalue weighted by atomic mass is 16.5. The molecule has 1 aromatic heterocycles. The highest BCUT2D eigenvalue weighted by Crippen LogP contribution is 2.21. The van der Waals surface area contributed by atoms with E-state index in [2.05, 4.69) is 20.9 Å². The molecule has 0 spiro atoms. The third-order valence-electron chi connectivity index (χ3n) is 4.70. The van der Waals surface area contributed by atoms with Crippen molar-refractivity contribution in [2.45, 2.75) is 13.0 Å². The Balaban J connectivity index is 1.55. The first kappa shape index (κ1) is 18.5. The standard InChI is InChI=1S/C20H27N3O3/c1-16-5-7-17(8-6-16)26-15-20(24)21-14-19(18-4-3-9-22(18)2)23-10-12-25-13-11-23/h3-9,19H,10-15H2,1-2H3,(H,21,24). The van der Waals surface area contributed by atoms with Crippen LogP contribution in [0.3, 0.4) is 0 Å². The van der Waals surface area contributed by atoms with Crippen LogP contribution in [0.1, 0.15) is 17.3 Å². The first-order valence-electron chi connectivity index (χ1n) is 9.02. The maximum Gasteiger partial charge on any atom is 0.258 e. The number of amides is 1. The van der Waals surface area contributed by atoms with Crippen molar-refractivity contribution in [3.63, 3.8) is 0 Å². The Hall–Kier alpha value is -2.31. The first-order valence-corrected chi connectivity index (χ1v) is 9.02. The van der Waals surface area contributed by atoms with Gasteiger partial charge in [-0.3, -0.25) is 9.69 Å². The maximum atomic E-state index is 12.2. The molecule has 1 aliphatic heterocycles. The lowest BCUT2D eigenvalue weighted by Gasteiger charge is -2.34. The predicted octanol–water partition coefficient (Wildman–Crippen LogP) is 1.90. The molecule has 1 fully saturated rings. The van der Waals surface area contributed by atoms with Gasteiger partial charge in [0.05, 0.1) is 19.3 Å². The van der Waals surface area contributed by atoms with Gasteiger partial charge in [0.15, 0.2) is 6.61 Å². The molecule has 2 aromatic rings. The van der Waals surface area contributed by atoms with Gasteiger partial charge in [0.1, 0.15) is 5.75 Å². The molecule has 6 heteroatoms. The van der Waals surface area contributed by atoms with E-state index >= 15 is 0 Å². The van der Waals surface area contributed by atoms with Crippen molar-refractivity contribution in [3.05, 3.63) is 53.9 Å². The molecule has 1 unspecified atom stereocenters. The second-order valence-corrected chi connectivity index (χ2v) is 6.61. The van der Waals surface area contributed by atoms with Crippen LogP contribution in [0.15, 0.2) is 42.6 Å². The minimum atomic E-state index is -0.113. The molecule has 1 N–H and O–H groups in total. The van der Waals surface area contributed by atoms with E-state index in [9.17, 15) is 4.79 Å². The SMILES string of the molecule is Cc1ccc(OCC(=O)NCC(c2cccn2C)N2CCOCC2)cc1. The van der Waals surface area contributed by atoms with E-state index in [0.717, 1.165) is 31.9 Å². The van der Waals surface area contributed by atoms with E-state index in [1.54, 1.807) is 0 Å². The highest BCUT2D eigenvalue weighted by Gasteiger charge is 2.24. The summed E-state index contributed by atoms with van der Waals surface area (Å²) in [4.78, 5) is 14.6. The van der Waals surface area contributed by atoms with Crippen molar-refractivity contribution < 1.29 is 14.3 Å². The Morgan fingerprint density at radius 1 is 1.23 bits per heavy atom. The molecular formula is C20H27N3O3. The molecule has 6 nitrogen and oxygen atoms in total. The zero-order valence-corrected chi connectivity index (χ0v) is 15.5. The summed E-state index contributed by atoms with van der Waals surface area (Å²) < 4.78 is 13.1. The summed E-state index contributed by atoms with van der Waals surface area (Å²) in [7, 11) is 2.03. The number of ether oxygens (including phenoxy) is 2. The molecule has 1 saturated heterocycles. The van der Waals surface area contributed by atoms with Crippen molar-refractivity contribution in [3.8, 4) is 5.75 Å². The summed E-state index contributed by atoms with van der Waals surface area (Å²) in [6.45, 7) is 5.78. The largest absolute Gasteiger partial charge is 0.484 e. The van der Waals surface area contributed by atoms with Gasteiger partial charge in [-0.25, -0.2) is 0 Å². The number of aryl methyl sites for hydroxylation is 2. The number of carbonyl (C=O) groups excluding carboxylic acids is 1. The van der Waals surface area contributed by atoms with Crippen LogP contribution >= 0.6 is 0 Å². The molecule has 1 aromatic carbocycles. The van der Waals surface area contributed by atoms with Crippen LogP contribution in [0.4, 0.5) is 0 Å². The van der Waals surface area contributed by atoms with Gasteiger partial charge in [0.25, 0.3) is 5.91 Å². The van der Waals surface area contributed by atoms with Crippen molar-refractivity contribution in [1.82, 2.24) is 14.8 Å². The van der Waals surface area contributed by atoms with Crippen molar-refractivity contribution >= 4 is 5.91 Å². The van der Waals surface area contributed by atoms with E-state index in [1.807, 2.05) is 50.5 Å². The second kappa shape index (κ2) is 8.87. The highest BCUT2D eigenvalue weighted by molar-refractivity contribution is 5.77. The summed E-state index contributed by atoms with van der Waals surface area (Å²) in [6.07, 6.45) is 2.03. The molecule has 0 saturated carbocycles. The predicted molar refractivity (Wildman–Crippen MR) is 100 cm³/mol. The summed E-state index contributed by atoms with van der Waals surface area (Å²) in [5.74, 6) is 0.593. The summed E-state index contributed by atoms with van der Waals surface area (Å²) in [6, 6.07) is 12.0. The summed E-state index contributed by atoms with van der Waals surface area (Å²) in [5.41, 5.74) is 2.35. The normalized spacial score (nSPS) is 16.2. The first-order chi connectivity index (χ1) is 12.6. The number of morpholine rings is 1. The Bertz CT molecular complexity index is 705. The number of rotatable bonds is 7. The topological polar surface area (TPSA) is 55.7 Å². The number of nitrogens with zero attached hydrogens (tertiary/aromatic N) is 2. The smallest absolute Gasteiger partial charge is 0.258 e. The zero-order chi connectivity index (χ0) is 18.4. The average molecular weight is 357 g/mol. The minimum absolute atomic E-state index is 0.0199. The van der Waals surface area contributed by atoms with Crippen LogP contribution in [0, 0.1) is 6.92 Å². The molecule has 1 amide bonds. The fraction of sp³-hybridized carbons (Fsp3) is 0.450. The van der Waals surface area contributed by atoms with Gasteiger partial charge in [-0.1, -0.05) is 17.7 Å². The van der Waals surface area contributed by atoms with Gasteiger partial charge in [-0.2, -0.15) is 0 Å². The molecule has 3 rings (SSSR count). The molecule has 140 valence electrons. The van der Waals surface area contributed by atoms with Gasteiger partial charge in [0, 0.05) is 38.6 Å². The number of carbonyl (C=O) groups is 1. The molecule has 1 atom stereocenters. The molecule has 1 aliphatic rings. The summed E-state index contributed by atoms with van der Waals surface area (Å²) >= 11 is 0. The Morgan fingerprint density at radius 2 is 1.96 bits per heavy atom. The Kier molecular flexibility index (Phi) is 6.30. The van der Waals surface area contributed by atoms with E-state index in [-0.39, 0.29) is 18.6 Å². The van der Waals surface area contributed by atoms with Crippen LogP contribution in [0.2, 0.25) is 0 Å². The Labute approximate surface area is 154 Å². The number of hydrogen-bond acceptors (Lipinski definition) is 4. The lowest BCUT2D eigenvalue weighted by molar-refractivity contribution is -0.123. The minimum Gasteiger partial charge on any atom is -0.484 e. The average Bonchev–Trinajstić information content (AvgIpc) is 3.08. The van der Waals surface area contributed by atoms with E-state index in [0.29, 0.717) is 12.3 Å². The third-order valence-corrected chi connectivity index (χ3v) is 4.70. The van der Waals surface area contributed by atoms with E-state index < -0.39 is 0 Å². The summed E-state index contributed by atoms with van der Waals surface area (Å²) in [5, 5.41) is 3.02. The van der Waals surface area contributed by atoms with E-state index in [4.69, 9.17) is 9.47 Å². The number of benzene rings is 1. The van der Waals surface area contributed by atoms with E-state index in [1.165, 1.54) is 5.69 Å². The third kappa shape index (κ3) is 4.86. The fourth-order valence-corrected chi connectivity index (χ4v) is 3.18. The monoisotopic (exact) mass is 357 g/mol. The Morgan fingerprint density at radius 3 is 2.62 bits per heavy atom. The van der Waals surface area contributed by atoms with Crippen LogP contribution in [0.5, 0.6) is 5.75 Å². The van der Waals surface area contributed by atoms with Gasteiger partial charge in [-0.05, 0) is 31.2 Å². The molecule has 0 radical (unpaired) electrons. The van der Waals surface area contributed by atoms with Gasteiger partial charge in [-0.15, -0.1) is 0 Å². The quantitative estimate of drug-likeness (QED) is 0.822. The lowest BCUT2D eigenvalue weighted by atomic mass is 10.1. The molecule has 0 bridgehead atoms. The van der Waals surface area contributed by atoms with Crippen LogP contribution in [-0.4, -0.2) is 54.8 Å². The van der Waals surface area contributed by atoms with Gasteiger partial charge >= 0.3 is 0 Å². The van der Waals surface area contributed by atoms with Crippen LogP contribution in [-0.2, 0) is 16.6 Å². The second-order valence-electron chi connectivity index (χ2n) is 6.61.